The number of amides is 1. The first-order chi connectivity index (χ1) is 8.75. The molecule has 1 aliphatic heterocycles. The van der Waals surface area contributed by atoms with Gasteiger partial charge in [0.05, 0.1) is 6.61 Å². The molecule has 96 valence electrons. The lowest BCUT2D eigenvalue weighted by Gasteiger charge is -2.21. The van der Waals surface area contributed by atoms with Gasteiger partial charge in [-0.15, -0.1) is 0 Å². The highest BCUT2D eigenvalue weighted by Gasteiger charge is 2.25. The van der Waals surface area contributed by atoms with Crippen molar-refractivity contribution in [2.24, 2.45) is 0 Å². The maximum atomic E-state index is 11.5. The lowest BCUT2D eigenvalue weighted by atomic mass is 10.1. The second kappa shape index (κ2) is 6.05. The van der Waals surface area contributed by atoms with E-state index in [0.29, 0.717) is 13.0 Å². The summed E-state index contributed by atoms with van der Waals surface area (Å²) in [6.07, 6.45) is 0.761. The van der Waals surface area contributed by atoms with Gasteiger partial charge in [-0.25, -0.2) is 9.59 Å². The number of alkyl carbamates (subject to hydrolysis) is 1. The molecule has 0 spiro atoms. The first kappa shape index (κ1) is 12.4. The molecule has 5 heteroatoms. The van der Waals surface area contributed by atoms with Crippen molar-refractivity contribution in [1.29, 1.82) is 0 Å². The number of ether oxygens (including phenoxy) is 2. The molecule has 2 rings (SSSR count). The lowest BCUT2D eigenvalue weighted by Crippen LogP contribution is -2.44. The van der Waals surface area contributed by atoms with Gasteiger partial charge in [0.2, 0.25) is 0 Å². The number of hydrogen-bond donors (Lipinski definition) is 1. The quantitative estimate of drug-likeness (QED) is 0.827. The molecule has 0 bridgehead atoms. The molecular weight excluding hydrogens is 234 g/mol. The van der Waals surface area contributed by atoms with Crippen LogP contribution in [0.15, 0.2) is 30.3 Å². The van der Waals surface area contributed by atoms with Crippen molar-refractivity contribution in [1.82, 2.24) is 5.32 Å². The van der Waals surface area contributed by atoms with E-state index in [-0.39, 0.29) is 6.61 Å². The van der Waals surface area contributed by atoms with Crippen LogP contribution < -0.4 is 5.32 Å². The van der Waals surface area contributed by atoms with Crippen molar-refractivity contribution in [2.75, 3.05) is 6.61 Å². The summed E-state index contributed by atoms with van der Waals surface area (Å²) in [6.45, 7) is 0.616. The largest absolute Gasteiger partial charge is 0.464 e. The van der Waals surface area contributed by atoms with Crippen LogP contribution in [0.4, 0.5) is 4.79 Å². The normalized spacial score (nSPS) is 18.9. The zero-order chi connectivity index (χ0) is 12.8. The van der Waals surface area contributed by atoms with Gasteiger partial charge >= 0.3 is 12.1 Å². The molecule has 18 heavy (non-hydrogen) atoms. The van der Waals surface area contributed by atoms with Gasteiger partial charge in [0, 0.05) is 0 Å². The fourth-order valence-corrected chi connectivity index (χ4v) is 1.72. The lowest BCUT2D eigenvalue weighted by molar-refractivity contribution is -0.149. The summed E-state index contributed by atoms with van der Waals surface area (Å²) in [6, 6.07) is 8.78. The van der Waals surface area contributed by atoms with Crippen molar-refractivity contribution in [3.63, 3.8) is 0 Å². The van der Waals surface area contributed by atoms with Crippen LogP contribution in [-0.2, 0) is 20.9 Å². The van der Waals surface area contributed by atoms with Gasteiger partial charge < -0.3 is 14.8 Å². The average molecular weight is 249 g/mol. The first-order valence-electron chi connectivity index (χ1n) is 5.89. The number of cyclic esters (lactones) is 1. The van der Waals surface area contributed by atoms with Gasteiger partial charge in [0.1, 0.15) is 12.6 Å². The van der Waals surface area contributed by atoms with E-state index in [2.05, 4.69) is 5.32 Å². The fourth-order valence-electron chi connectivity index (χ4n) is 1.72. The van der Waals surface area contributed by atoms with Crippen LogP contribution >= 0.6 is 0 Å². The third-order valence-corrected chi connectivity index (χ3v) is 2.67. The van der Waals surface area contributed by atoms with E-state index in [4.69, 9.17) is 9.47 Å². The standard InChI is InChI=1S/C13H15NO4/c15-12-11(7-4-8-17-12)14-13(16)18-9-10-5-2-1-3-6-10/h1-3,5-6,11H,4,7-9H2,(H,14,16)/t11-/m0/s1. The van der Waals surface area contributed by atoms with E-state index < -0.39 is 18.1 Å². The molecule has 0 saturated carbocycles. The maximum Gasteiger partial charge on any atom is 0.408 e. The summed E-state index contributed by atoms with van der Waals surface area (Å²) in [5, 5.41) is 2.50. The number of esters is 1. The summed E-state index contributed by atoms with van der Waals surface area (Å²) in [4.78, 5) is 22.8. The molecule has 1 aliphatic rings. The SMILES string of the molecule is O=C(N[C@H]1CCCOC1=O)OCc1ccccc1. The Kier molecular flexibility index (Phi) is 4.17. The van der Waals surface area contributed by atoms with Crippen molar-refractivity contribution < 1.29 is 19.1 Å². The van der Waals surface area contributed by atoms with Gasteiger partial charge in [-0.1, -0.05) is 30.3 Å². The molecule has 5 nitrogen and oxygen atoms in total. The number of rotatable bonds is 3. The van der Waals surface area contributed by atoms with Crippen LogP contribution in [0.3, 0.4) is 0 Å². The van der Waals surface area contributed by atoms with Crippen molar-refractivity contribution in [3.8, 4) is 0 Å². The number of nitrogens with one attached hydrogen (secondary N) is 1. The smallest absolute Gasteiger partial charge is 0.408 e. The molecule has 1 fully saturated rings. The Balaban J connectivity index is 1.76. The molecule has 1 atom stereocenters. The van der Waals surface area contributed by atoms with E-state index in [0.717, 1.165) is 12.0 Å². The number of hydrogen-bond acceptors (Lipinski definition) is 4. The third-order valence-electron chi connectivity index (χ3n) is 2.67. The van der Waals surface area contributed by atoms with Gasteiger partial charge in [0.15, 0.2) is 0 Å². The Morgan fingerprint density at radius 1 is 1.39 bits per heavy atom. The molecule has 0 aliphatic carbocycles. The minimum absolute atomic E-state index is 0.189. The van der Waals surface area contributed by atoms with Crippen LogP contribution in [0, 0.1) is 0 Å². The minimum Gasteiger partial charge on any atom is -0.464 e. The molecular formula is C13H15NO4. The zero-order valence-corrected chi connectivity index (χ0v) is 9.93. The number of carbonyl (C=O) groups excluding carboxylic acids is 2. The summed E-state index contributed by atoms with van der Waals surface area (Å²) in [5.41, 5.74) is 0.902. The van der Waals surface area contributed by atoms with E-state index >= 15 is 0 Å². The van der Waals surface area contributed by atoms with Gasteiger partial charge in [-0.2, -0.15) is 0 Å². The number of benzene rings is 1. The average Bonchev–Trinajstić information content (AvgIpc) is 2.40. The second-order valence-corrected chi connectivity index (χ2v) is 4.07. The predicted octanol–water partition coefficient (Wildman–Crippen LogP) is 1.62. The highest BCUT2D eigenvalue weighted by atomic mass is 16.6. The molecule has 1 amide bonds. The Bertz CT molecular complexity index is 418. The molecule has 1 heterocycles. The van der Waals surface area contributed by atoms with E-state index in [9.17, 15) is 9.59 Å². The van der Waals surface area contributed by atoms with Crippen molar-refractivity contribution in [3.05, 3.63) is 35.9 Å². The molecule has 0 radical (unpaired) electrons. The highest BCUT2D eigenvalue weighted by molar-refractivity contribution is 5.81. The van der Waals surface area contributed by atoms with E-state index in [1.165, 1.54) is 0 Å². The van der Waals surface area contributed by atoms with Crippen molar-refractivity contribution >= 4 is 12.1 Å². The Morgan fingerprint density at radius 3 is 2.89 bits per heavy atom. The summed E-state index contributed by atoms with van der Waals surface area (Å²) < 4.78 is 9.87. The maximum absolute atomic E-state index is 11.5. The predicted molar refractivity (Wildman–Crippen MR) is 63.7 cm³/mol. The number of carbonyl (C=O) groups is 2. The van der Waals surface area contributed by atoms with Gasteiger partial charge in [-0.3, -0.25) is 0 Å². The minimum atomic E-state index is -0.595. The second-order valence-electron chi connectivity index (χ2n) is 4.07. The third kappa shape index (κ3) is 3.48. The molecule has 0 unspecified atom stereocenters. The molecule has 1 saturated heterocycles. The monoisotopic (exact) mass is 249 g/mol. The van der Waals surface area contributed by atoms with Crippen LogP contribution in [-0.4, -0.2) is 24.7 Å². The van der Waals surface area contributed by atoms with E-state index in [1.54, 1.807) is 0 Å². The van der Waals surface area contributed by atoms with Crippen LogP contribution in [0.2, 0.25) is 0 Å². The Morgan fingerprint density at radius 2 is 2.17 bits per heavy atom. The van der Waals surface area contributed by atoms with Gasteiger partial charge in [-0.05, 0) is 18.4 Å². The molecule has 1 aromatic rings. The topological polar surface area (TPSA) is 64.6 Å². The molecule has 1 aromatic carbocycles. The fraction of sp³-hybridized carbons (Fsp3) is 0.385. The van der Waals surface area contributed by atoms with Gasteiger partial charge in [0.25, 0.3) is 0 Å². The molecule has 1 N–H and O–H groups in total. The summed E-state index contributed by atoms with van der Waals surface area (Å²) in [5.74, 6) is -0.391. The summed E-state index contributed by atoms with van der Waals surface area (Å²) >= 11 is 0. The highest BCUT2D eigenvalue weighted by Crippen LogP contribution is 2.08. The first-order valence-corrected chi connectivity index (χ1v) is 5.89. The zero-order valence-electron chi connectivity index (χ0n) is 9.93. The van der Waals surface area contributed by atoms with E-state index in [1.807, 2.05) is 30.3 Å². The van der Waals surface area contributed by atoms with Crippen LogP contribution in [0.25, 0.3) is 0 Å². The van der Waals surface area contributed by atoms with Crippen LogP contribution in [0.5, 0.6) is 0 Å². The Labute approximate surface area is 105 Å². The Hall–Kier alpha value is -2.04. The van der Waals surface area contributed by atoms with Crippen LogP contribution in [0.1, 0.15) is 18.4 Å². The van der Waals surface area contributed by atoms with Crippen molar-refractivity contribution in [2.45, 2.75) is 25.5 Å². The molecule has 0 aromatic heterocycles. The summed E-state index contributed by atoms with van der Waals surface area (Å²) in [7, 11) is 0.